The molecule has 0 N–H and O–H groups in total. The number of carbonyl (C=O) groups is 2. The van der Waals surface area contributed by atoms with Crippen molar-refractivity contribution >= 4 is 44.2 Å². The number of esters is 1. The van der Waals surface area contributed by atoms with Gasteiger partial charge in [-0.05, 0) is 29.0 Å². The molecule has 0 fully saturated rings. The number of benzene rings is 3. The van der Waals surface area contributed by atoms with E-state index in [9.17, 15) is 9.59 Å². The zero-order chi connectivity index (χ0) is 19.5. The molecule has 0 unspecified atom stereocenters. The lowest BCUT2D eigenvalue weighted by atomic mass is 10.1. The van der Waals surface area contributed by atoms with Crippen LogP contribution in [0.3, 0.4) is 0 Å². The lowest BCUT2D eigenvalue weighted by molar-refractivity contribution is -0.133. The Morgan fingerprint density at radius 3 is 2.61 bits per heavy atom. The van der Waals surface area contributed by atoms with E-state index in [1.807, 2.05) is 54.6 Å². The number of nitrogens with zero attached hydrogens (tertiary/aromatic N) is 2. The van der Waals surface area contributed by atoms with Gasteiger partial charge in [-0.2, -0.15) is 0 Å². The summed E-state index contributed by atoms with van der Waals surface area (Å²) in [5, 5.41) is 2.61. The van der Waals surface area contributed by atoms with Gasteiger partial charge in [0.25, 0.3) is 5.91 Å². The van der Waals surface area contributed by atoms with Crippen LogP contribution in [0.15, 0.2) is 66.7 Å². The molecule has 28 heavy (non-hydrogen) atoms. The van der Waals surface area contributed by atoms with Crippen LogP contribution in [-0.2, 0) is 16.1 Å². The van der Waals surface area contributed by atoms with E-state index in [1.54, 1.807) is 30.5 Å². The van der Waals surface area contributed by atoms with E-state index in [0.717, 1.165) is 26.0 Å². The summed E-state index contributed by atoms with van der Waals surface area (Å²) in [4.78, 5) is 30.9. The van der Waals surface area contributed by atoms with Crippen LogP contribution in [-0.4, -0.2) is 35.4 Å². The second-order valence-corrected chi connectivity index (χ2v) is 7.54. The summed E-state index contributed by atoms with van der Waals surface area (Å²) < 4.78 is 6.35. The first kappa shape index (κ1) is 18.1. The van der Waals surface area contributed by atoms with Gasteiger partial charge in [-0.3, -0.25) is 4.79 Å². The van der Waals surface area contributed by atoms with Gasteiger partial charge in [0, 0.05) is 7.05 Å². The molecule has 0 saturated heterocycles. The number of thiazole rings is 1. The Morgan fingerprint density at radius 1 is 1.00 bits per heavy atom. The molecule has 0 aliphatic heterocycles. The Hall–Kier alpha value is -3.25. The van der Waals surface area contributed by atoms with Crippen molar-refractivity contribution in [2.75, 3.05) is 13.7 Å². The highest BCUT2D eigenvalue weighted by atomic mass is 32.1. The van der Waals surface area contributed by atoms with Crippen molar-refractivity contribution in [2.45, 2.75) is 6.54 Å². The fourth-order valence-electron chi connectivity index (χ4n) is 3.00. The number of aromatic nitrogens is 1. The highest BCUT2D eigenvalue weighted by Gasteiger charge is 2.16. The summed E-state index contributed by atoms with van der Waals surface area (Å²) in [7, 11) is 1.68. The largest absolute Gasteiger partial charge is 0.452 e. The van der Waals surface area contributed by atoms with Crippen LogP contribution >= 0.6 is 11.3 Å². The zero-order valence-corrected chi connectivity index (χ0v) is 16.1. The summed E-state index contributed by atoms with van der Waals surface area (Å²) in [5.74, 6) is -0.772. The van der Waals surface area contributed by atoms with E-state index in [-0.39, 0.29) is 12.5 Å². The van der Waals surface area contributed by atoms with Crippen LogP contribution in [0, 0.1) is 0 Å². The first-order valence-electron chi connectivity index (χ1n) is 8.85. The summed E-state index contributed by atoms with van der Waals surface area (Å²) >= 11 is 1.55. The number of carbonyl (C=O) groups excluding carboxylic acids is 2. The number of hydrogen-bond acceptors (Lipinski definition) is 5. The molecule has 0 spiro atoms. The lowest BCUT2D eigenvalue weighted by Crippen LogP contribution is -2.30. The van der Waals surface area contributed by atoms with E-state index in [4.69, 9.17) is 4.74 Å². The van der Waals surface area contributed by atoms with Gasteiger partial charge in [0.2, 0.25) is 0 Å². The van der Waals surface area contributed by atoms with Crippen molar-refractivity contribution in [2.24, 2.45) is 0 Å². The predicted molar refractivity (Wildman–Crippen MR) is 110 cm³/mol. The molecule has 0 aliphatic rings. The molecule has 4 aromatic rings. The minimum atomic E-state index is -0.501. The first-order valence-corrected chi connectivity index (χ1v) is 9.67. The second kappa shape index (κ2) is 7.78. The third-order valence-corrected chi connectivity index (χ3v) is 5.49. The molecule has 0 atom stereocenters. The number of ether oxygens (including phenoxy) is 1. The van der Waals surface area contributed by atoms with Gasteiger partial charge in [0.1, 0.15) is 5.01 Å². The SMILES string of the molecule is CN(Cc1nc2ccccc2s1)C(=O)COC(=O)c1cccc2ccccc12. The maximum atomic E-state index is 12.5. The Labute approximate surface area is 166 Å². The molecule has 4 rings (SSSR count). The quantitative estimate of drug-likeness (QED) is 0.478. The van der Waals surface area contributed by atoms with Gasteiger partial charge >= 0.3 is 5.97 Å². The number of hydrogen-bond donors (Lipinski definition) is 0. The highest BCUT2D eigenvalue weighted by Crippen LogP contribution is 2.22. The van der Waals surface area contributed by atoms with Gasteiger partial charge in [0.15, 0.2) is 6.61 Å². The molecule has 6 heteroatoms. The fourth-order valence-corrected chi connectivity index (χ4v) is 4.02. The van der Waals surface area contributed by atoms with Crippen molar-refractivity contribution in [3.8, 4) is 0 Å². The molecule has 0 saturated carbocycles. The molecule has 3 aromatic carbocycles. The van der Waals surface area contributed by atoms with Crippen molar-refractivity contribution in [3.05, 3.63) is 77.3 Å². The van der Waals surface area contributed by atoms with Crippen molar-refractivity contribution in [1.82, 2.24) is 9.88 Å². The molecular weight excluding hydrogens is 372 g/mol. The Morgan fingerprint density at radius 2 is 1.75 bits per heavy atom. The Kier molecular flexibility index (Phi) is 5.04. The van der Waals surface area contributed by atoms with Crippen LogP contribution in [0.4, 0.5) is 0 Å². The minimum absolute atomic E-state index is 0.271. The van der Waals surface area contributed by atoms with Crippen molar-refractivity contribution < 1.29 is 14.3 Å². The summed E-state index contributed by atoms with van der Waals surface area (Å²) in [6, 6.07) is 20.9. The maximum absolute atomic E-state index is 12.5. The van der Waals surface area contributed by atoms with Crippen LogP contribution in [0.2, 0.25) is 0 Å². The molecule has 1 aromatic heterocycles. The zero-order valence-electron chi connectivity index (χ0n) is 15.3. The fraction of sp³-hybridized carbons (Fsp3) is 0.136. The number of rotatable bonds is 5. The molecule has 1 heterocycles. The van der Waals surface area contributed by atoms with Crippen LogP contribution in [0.1, 0.15) is 15.4 Å². The molecule has 140 valence electrons. The van der Waals surface area contributed by atoms with Gasteiger partial charge < -0.3 is 9.64 Å². The summed E-state index contributed by atoms with van der Waals surface area (Å²) in [6.45, 7) is 0.0768. The van der Waals surface area contributed by atoms with E-state index >= 15 is 0 Å². The first-order chi connectivity index (χ1) is 13.6. The van der Waals surface area contributed by atoms with Crippen LogP contribution in [0.25, 0.3) is 21.0 Å². The average molecular weight is 390 g/mol. The summed E-state index contributed by atoms with van der Waals surface area (Å²) in [5.41, 5.74) is 1.38. The van der Waals surface area contributed by atoms with Crippen molar-refractivity contribution in [3.63, 3.8) is 0 Å². The minimum Gasteiger partial charge on any atom is -0.452 e. The lowest BCUT2D eigenvalue weighted by Gasteiger charge is -2.15. The Balaban J connectivity index is 1.39. The second-order valence-electron chi connectivity index (χ2n) is 6.43. The van der Waals surface area contributed by atoms with Crippen LogP contribution in [0.5, 0.6) is 0 Å². The third kappa shape index (κ3) is 3.73. The molecule has 0 aliphatic carbocycles. The van der Waals surface area contributed by atoms with E-state index in [0.29, 0.717) is 12.1 Å². The van der Waals surface area contributed by atoms with Gasteiger partial charge in [-0.15, -0.1) is 11.3 Å². The van der Waals surface area contributed by atoms with Crippen LogP contribution < -0.4 is 0 Å². The topological polar surface area (TPSA) is 59.5 Å². The molecular formula is C22H18N2O3S. The van der Waals surface area contributed by atoms with Gasteiger partial charge in [-0.25, -0.2) is 9.78 Å². The summed E-state index contributed by atoms with van der Waals surface area (Å²) in [6.07, 6.45) is 0. The number of amides is 1. The predicted octanol–water partition coefficient (Wildman–Crippen LogP) is 4.26. The number of para-hydroxylation sites is 1. The smallest absolute Gasteiger partial charge is 0.339 e. The molecule has 1 amide bonds. The highest BCUT2D eigenvalue weighted by molar-refractivity contribution is 7.18. The molecule has 5 nitrogen and oxygen atoms in total. The van der Waals surface area contributed by atoms with Crippen molar-refractivity contribution in [1.29, 1.82) is 0 Å². The normalized spacial score (nSPS) is 10.9. The third-order valence-electron chi connectivity index (χ3n) is 4.47. The molecule has 0 radical (unpaired) electrons. The Bertz CT molecular complexity index is 1130. The van der Waals surface area contributed by atoms with E-state index in [2.05, 4.69) is 4.98 Å². The number of likely N-dealkylation sites (N-methyl/N-ethyl adjacent to an activating group) is 1. The molecule has 0 bridgehead atoms. The number of fused-ring (bicyclic) bond motifs is 2. The standard InChI is InChI=1S/C22H18N2O3S/c1-24(13-20-23-18-11-4-5-12-19(18)28-20)21(25)14-27-22(26)17-10-6-8-15-7-2-3-9-16(15)17/h2-12H,13-14H2,1H3. The van der Waals surface area contributed by atoms with Gasteiger partial charge in [-0.1, -0.05) is 48.5 Å². The average Bonchev–Trinajstić information content (AvgIpc) is 3.13. The monoisotopic (exact) mass is 390 g/mol. The maximum Gasteiger partial charge on any atom is 0.339 e. The van der Waals surface area contributed by atoms with Gasteiger partial charge in [0.05, 0.1) is 22.3 Å². The van der Waals surface area contributed by atoms with E-state index in [1.165, 1.54) is 4.90 Å². The van der Waals surface area contributed by atoms with E-state index < -0.39 is 5.97 Å².